The Morgan fingerprint density at radius 1 is 1.25 bits per heavy atom. The number of rotatable bonds is 6. The van der Waals surface area contributed by atoms with Crippen molar-refractivity contribution in [3.63, 3.8) is 0 Å². The van der Waals surface area contributed by atoms with Gasteiger partial charge in [0.05, 0.1) is 17.5 Å². The van der Waals surface area contributed by atoms with E-state index in [0.717, 1.165) is 5.52 Å². The number of nitrogens with one attached hydrogen (secondary N) is 1. The van der Waals surface area contributed by atoms with Crippen molar-refractivity contribution in [2.45, 2.75) is 24.3 Å². The number of para-hydroxylation sites is 4. The number of benzene rings is 2. The first-order valence-electron chi connectivity index (χ1n) is 7.72. The van der Waals surface area contributed by atoms with Gasteiger partial charge in [0.2, 0.25) is 5.91 Å². The fourth-order valence-electron chi connectivity index (χ4n) is 2.19. The molecule has 0 spiro atoms. The van der Waals surface area contributed by atoms with Crippen molar-refractivity contribution in [2.75, 3.05) is 11.9 Å². The summed E-state index contributed by atoms with van der Waals surface area (Å²) < 4.78 is 11.2. The molecule has 0 aliphatic rings. The third-order valence-electron chi connectivity index (χ3n) is 3.37. The number of aromatic nitrogens is 1. The van der Waals surface area contributed by atoms with Crippen LogP contribution < -0.4 is 10.1 Å². The number of fused-ring (bicyclic) bond motifs is 1. The van der Waals surface area contributed by atoms with Crippen LogP contribution in [0, 0.1) is 0 Å². The molecule has 0 radical (unpaired) electrons. The lowest BCUT2D eigenvalue weighted by atomic mass is 10.3. The van der Waals surface area contributed by atoms with Gasteiger partial charge in [-0.05, 0) is 38.1 Å². The molecule has 124 valence electrons. The van der Waals surface area contributed by atoms with Gasteiger partial charge in [-0.15, -0.1) is 0 Å². The zero-order valence-corrected chi connectivity index (χ0v) is 14.3. The molecule has 6 heteroatoms. The first kappa shape index (κ1) is 16.4. The number of amides is 1. The van der Waals surface area contributed by atoms with E-state index in [0.29, 0.717) is 28.8 Å². The Balaban J connectivity index is 1.68. The van der Waals surface area contributed by atoms with Crippen molar-refractivity contribution in [3.8, 4) is 5.75 Å². The average molecular weight is 342 g/mol. The highest BCUT2D eigenvalue weighted by molar-refractivity contribution is 8.00. The zero-order chi connectivity index (χ0) is 16.9. The van der Waals surface area contributed by atoms with Gasteiger partial charge in [0.1, 0.15) is 11.3 Å². The summed E-state index contributed by atoms with van der Waals surface area (Å²) in [4.78, 5) is 16.8. The van der Waals surface area contributed by atoms with Crippen LogP contribution in [0.1, 0.15) is 13.8 Å². The van der Waals surface area contributed by atoms with E-state index in [-0.39, 0.29) is 11.2 Å². The number of carbonyl (C=O) groups excluding carboxylic acids is 1. The number of nitrogens with zero attached hydrogens (tertiary/aromatic N) is 1. The van der Waals surface area contributed by atoms with Crippen LogP contribution in [0.3, 0.4) is 0 Å². The monoisotopic (exact) mass is 342 g/mol. The number of oxazole rings is 1. The Morgan fingerprint density at radius 3 is 2.79 bits per heavy atom. The Labute approximate surface area is 144 Å². The van der Waals surface area contributed by atoms with Crippen LogP contribution in [0.4, 0.5) is 5.69 Å². The molecule has 1 N–H and O–H groups in total. The molecule has 1 atom stereocenters. The van der Waals surface area contributed by atoms with Gasteiger partial charge in [0.25, 0.3) is 5.22 Å². The second-order valence-corrected chi connectivity index (χ2v) is 6.42. The van der Waals surface area contributed by atoms with E-state index in [1.54, 1.807) is 0 Å². The highest BCUT2D eigenvalue weighted by Gasteiger charge is 2.19. The van der Waals surface area contributed by atoms with E-state index >= 15 is 0 Å². The maximum absolute atomic E-state index is 12.4. The van der Waals surface area contributed by atoms with Crippen LogP contribution in [0.5, 0.6) is 5.75 Å². The summed E-state index contributed by atoms with van der Waals surface area (Å²) >= 11 is 1.29. The lowest BCUT2D eigenvalue weighted by Gasteiger charge is -2.13. The number of carbonyl (C=O) groups is 1. The van der Waals surface area contributed by atoms with Gasteiger partial charge in [-0.2, -0.15) is 0 Å². The summed E-state index contributed by atoms with van der Waals surface area (Å²) in [7, 11) is 0. The molecule has 5 nitrogen and oxygen atoms in total. The molecule has 0 bridgehead atoms. The van der Waals surface area contributed by atoms with Gasteiger partial charge >= 0.3 is 0 Å². The summed E-state index contributed by atoms with van der Waals surface area (Å²) in [6.45, 7) is 4.27. The fourth-order valence-corrected chi connectivity index (χ4v) is 2.95. The molecule has 3 rings (SSSR count). The molecule has 24 heavy (non-hydrogen) atoms. The standard InChI is InChI=1S/C18H18N2O3S/c1-3-22-15-10-6-4-8-13(15)19-17(21)12(2)24-18-20-14-9-5-7-11-16(14)23-18/h4-12H,3H2,1-2H3,(H,19,21). The minimum Gasteiger partial charge on any atom is -0.492 e. The summed E-state index contributed by atoms with van der Waals surface area (Å²) in [6.07, 6.45) is 0. The molecule has 2 aromatic carbocycles. The number of anilines is 1. The Kier molecular flexibility index (Phi) is 5.05. The predicted molar refractivity (Wildman–Crippen MR) is 95.6 cm³/mol. The largest absolute Gasteiger partial charge is 0.492 e. The van der Waals surface area contributed by atoms with Gasteiger partial charge in [-0.3, -0.25) is 4.79 Å². The van der Waals surface area contributed by atoms with E-state index in [1.807, 2.05) is 62.4 Å². The number of thioether (sulfide) groups is 1. The molecule has 0 aliphatic heterocycles. The molecule has 1 aromatic heterocycles. The molecular weight excluding hydrogens is 324 g/mol. The molecule has 0 fully saturated rings. The summed E-state index contributed by atoms with van der Waals surface area (Å²) in [5, 5.41) is 3.02. The highest BCUT2D eigenvalue weighted by atomic mass is 32.2. The van der Waals surface area contributed by atoms with Gasteiger partial charge in [0.15, 0.2) is 5.58 Å². The molecule has 0 aliphatic carbocycles. The van der Waals surface area contributed by atoms with Crippen LogP contribution >= 0.6 is 11.8 Å². The summed E-state index contributed by atoms with van der Waals surface area (Å²) in [6, 6.07) is 14.9. The molecule has 1 heterocycles. The van der Waals surface area contributed by atoms with Crippen LogP contribution in [0.2, 0.25) is 0 Å². The summed E-state index contributed by atoms with van der Waals surface area (Å²) in [5.41, 5.74) is 2.16. The molecule has 0 saturated heterocycles. The Hall–Kier alpha value is -2.47. The van der Waals surface area contributed by atoms with Crippen LogP contribution in [0.25, 0.3) is 11.1 Å². The third-order valence-corrected chi connectivity index (χ3v) is 4.31. The quantitative estimate of drug-likeness (QED) is 0.675. The van der Waals surface area contributed by atoms with E-state index in [1.165, 1.54) is 11.8 Å². The van der Waals surface area contributed by atoms with Crippen molar-refractivity contribution >= 4 is 34.5 Å². The lowest BCUT2D eigenvalue weighted by molar-refractivity contribution is -0.115. The Morgan fingerprint density at radius 2 is 2.00 bits per heavy atom. The minimum absolute atomic E-state index is 0.130. The normalized spacial score (nSPS) is 12.1. The second kappa shape index (κ2) is 7.40. The fraction of sp³-hybridized carbons (Fsp3) is 0.222. The van der Waals surface area contributed by atoms with E-state index in [4.69, 9.17) is 9.15 Å². The minimum atomic E-state index is -0.354. The summed E-state index contributed by atoms with van der Waals surface area (Å²) in [5.74, 6) is 0.529. The predicted octanol–water partition coefficient (Wildman–Crippen LogP) is 4.35. The first-order valence-corrected chi connectivity index (χ1v) is 8.60. The highest BCUT2D eigenvalue weighted by Crippen LogP contribution is 2.29. The topological polar surface area (TPSA) is 64.4 Å². The van der Waals surface area contributed by atoms with Crippen molar-refractivity contribution in [1.29, 1.82) is 0 Å². The molecule has 1 amide bonds. The molecular formula is C18H18N2O3S. The maximum atomic E-state index is 12.4. The van der Waals surface area contributed by atoms with Crippen molar-refractivity contribution in [2.24, 2.45) is 0 Å². The zero-order valence-electron chi connectivity index (χ0n) is 13.5. The van der Waals surface area contributed by atoms with Crippen LogP contribution in [-0.2, 0) is 4.79 Å². The number of hydrogen-bond acceptors (Lipinski definition) is 5. The van der Waals surface area contributed by atoms with E-state index < -0.39 is 0 Å². The van der Waals surface area contributed by atoms with E-state index in [2.05, 4.69) is 10.3 Å². The van der Waals surface area contributed by atoms with Gasteiger partial charge in [0, 0.05) is 0 Å². The molecule has 1 unspecified atom stereocenters. The van der Waals surface area contributed by atoms with Crippen molar-refractivity contribution < 1.29 is 13.9 Å². The van der Waals surface area contributed by atoms with E-state index in [9.17, 15) is 4.79 Å². The van der Waals surface area contributed by atoms with Crippen molar-refractivity contribution in [1.82, 2.24) is 4.98 Å². The number of hydrogen-bond donors (Lipinski definition) is 1. The molecule has 3 aromatic rings. The maximum Gasteiger partial charge on any atom is 0.257 e. The smallest absolute Gasteiger partial charge is 0.257 e. The third kappa shape index (κ3) is 3.71. The lowest BCUT2D eigenvalue weighted by Crippen LogP contribution is -2.22. The first-order chi connectivity index (χ1) is 11.7. The number of ether oxygens (including phenoxy) is 1. The van der Waals surface area contributed by atoms with Gasteiger partial charge in [-0.25, -0.2) is 4.98 Å². The van der Waals surface area contributed by atoms with Crippen LogP contribution in [-0.4, -0.2) is 22.7 Å². The van der Waals surface area contributed by atoms with Crippen molar-refractivity contribution in [3.05, 3.63) is 48.5 Å². The second-order valence-electron chi connectivity index (χ2n) is 5.13. The Bertz CT molecular complexity index is 814. The van der Waals surface area contributed by atoms with Gasteiger partial charge in [-0.1, -0.05) is 36.0 Å². The van der Waals surface area contributed by atoms with Crippen LogP contribution in [0.15, 0.2) is 58.2 Å². The SMILES string of the molecule is CCOc1ccccc1NC(=O)C(C)Sc1nc2ccccc2o1. The van der Waals surface area contributed by atoms with Gasteiger partial charge < -0.3 is 14.5 Å². The average Bonchev–Trinajstić information content (AvgIpc) is 2.99. The molecule has 0 saturated carbocycles.